The van der Waals surface area contributed by atoms with Gasteiger partial charge < -0.3 is 19.1 Å². The summed E-state index contributed by atoms with van der Waals surface area (Å²) in [7, 11) is 0. The molecule has 31 heavy (non-hydrogen) atoms. The fraction of sp³-hybridized carbons (Fsp3) is 0.417. The number of imidazole rings is 1. The molecule has 6 nitrogen and oxygen atoms in total. The highest BCUT2D eigenvalue weighted by Crippen LogP contribution is 2.26. The molecule has 2 aromatic carbocycles. The van der Waals surface area contributed by atoms with Crippen LogP contribution in [-0.4, -0.2) is 51.8 Å². The number of aromatic nitrogens is 2. The third-order valence-corrected chi connectivity index (χ3v) is 5.43. The molecule has 1 atom stereocenters. The van der Waals surface area contributed by atoms with Crippen molar-refractivity contribution in [3.63, 3.8) is 0 Å². The van der Waals surface area contributed by atoms with E-state index in [2.05, 4.69) is 15.5 Å². The van der Waals surface area contributed by atoms with Gasteiger partial charge in [0.1, 0.15) is 11.4 Å². The molecule has 0 spiro atoms. The summed E-state index contributed by atoms with van der Waals surface area (Å²) in [5, 5.41) is 0. The predicted octanol–water partition coefficient (Wildman–Crippen LogP) is 4.67. The van der Waals surface area contributed by atoms with Gasteiger partial charge in [-0.1, -0.05) is 24.3 Å². The van der Waals surface area contributed by atoms with Crippen LogP contribution in [0.25, 0.3) is 11.0 Å². The lowest BCUT2D eigenvalue weighted by Crippen LogP contribution is -2.55. The Morgan fingerprint density at radius 1 is 1.13 bits per heavy atom. The van der Waals surface area contributed by atoms with Crippen molar-refractivity contribution in [3.05, 3.63) is 59.9 Å². The fourth-order valence-electron chi connectivity index (χ4n) is 3.96. The van der Waals surface area contributed by atoms with Gasteiger partial charge in [0.25, 0.3) is 0 Å². The van der Waals surface area contributed by atoms with Gasteiger partial charge in [0.15, 0.2) is 0 Å². The molecule has 3 aromatic rings. The highest BCUT2D eigenvalue weighted by atomic mass is 19.1. The second kappa shape index (κ2) is 8.21. The zero-order valence-electron chi connectivity index (χ0n) is 18.5. The van der Waals surface area contributed by atoms with Crippen LogP contribution in [0.5, 0.6) is 0 Å². The Hall–Kier alpha value is -3.09. The van der Waals surface area contributed by atoms with Gasteiger partial charge in [-0.2, -0.15) is 0 Å². The minimum atomic E-state index is -0.517. The average molecular weight is 425 g/mol. The van der Waals surface area contributed by atoms with E-state index in [0.717, 1.165) is 22.5 Å². The lowest BCUT2D eigenvalue weighted by molar-refractivity contribution is 0.0158. The van der Waals surface area contributed by atoms with E-state index in [0.29, 0.717) is 26.2 Å². The number of hydrogen-bond donors (Lipinski definition) is 0. The van der Waals surface area contributed by atoms with Crippen LogP contribution in [0.1, 0.15) is 33.3 Å². The molecule has 1 aromatic heterocycles. The van der Waals surface area contributed by atoms with Crippen LogP contribution in [0.3, 0.4) is 0 Å². The number of fused-ring (bicyclic) bond motifs is 1. The van der Waals surface area contributed by atoms with Crippen LogP contribution in [0.15, 0.2) is 48.5 Å². The molecule has 4 rings (SSSR count). The summed E-state index contributed by atoms with van der Waals surface area (Å²) in [6.45, 7) is 10.1. The van der Waals surface area contributed by atoms with E-state index in [9.17, 15) is 9.18 Å². The van der Waals surface area contributed by atoms with Gasteiger partial charge in [0, 0.05) is 25.7 Å². The second-order valence-electron chi connectivity index (χ2n) is 9.08. The van der Waals surface area contributed by atoms with Crippen molar-refractivity contribution in [3.8, 4) is 0 Å². The molecule has 1 unspecified atom stereocenters. The number of benzene rings is 2. The number of hydrogen-bond acceptors (Lipinski definition) is 4. The van der Waals surface area contributed by atoms with Crippen LogP contribution < -0.4 is 4.90 Å². The van der Waals surface area contributed by atoms with Gasteiger partial charge in [0.2, 0.25) is 5.95 Å². The minimum Gasteiger partial charge on any atom is -0.444 e. The van der Waals surface area contributed by atoms with Gasteiger partial charge in [0.05, 0.1) is 17.6 Å². The first-order valence-electron chi connectivity index (χ1n) is 10.7. The zero-order chi connectivity index (χ0) is 22.2. The van der Waals surface area contributed by atoms with Crippen molar-refractivity contribution in [2.75, 3.05) is 24.5 Å². The normalized spacial score (nSPS) is 17.3. The Balaban J connectivity index is 1.60. The first-order valence-corrected chi connectivity index (χ1v) is 10.7. The van der Waals surface area contributed by atoms with E-state index >= 15 is 0 Å². The first-order chi connectivity index (χ1) is 14.7. The molecule has 7 heteroatoms. The Morgan fingerprint density at radius 3 is 2.52 bits per heavy atom. The Kier molecular flexibility index (Phi) is 5.60. The molecular formula is C24H29FN4O2. The average Bonchev–Trinajstić information content (AvgIpc) is 3.07. The van der Waals surface area contributed by atoms with Gasteiger partial charge in [-0.3, -0.25) is 0 Å². The topological polar surface area (TPSA) is 50.6 Å². The van der Waals surface area contributed by atoms with E-state index < -0.39 is 5.60 Å². The molecular weight excluding hydrogens is 395 g/mol. The van der Waals surface area contributed by atoms with Crippen LogP contribution in [-0.2, 0) is 11.3 Å². The lowest BCUT2D eigenvalue weighted by atomic mass is 10.2. The van der Waals surface area contributed by atoms with E-state index in [1.807, 2.05) is 45.9 Å². The van der Waals surface area contributed by atoms with Crippen molar-refractivity contribution in [1.29, 1.82) is 0 Å². The van der Waals surface area contributed by atoms with Crippen LogP contribution in [0.2, 0.25) is 0 Å². The van der Waals surface area contributed by atoms with Crippen molar-refractivity contribution in [2.45, 2.75) is 45.9 Å². The quantitative estimate of drug-likeness (QED) is 0.613. The summed E-state index contributed by atoms with van der Waals surface area (Å²) in [5.74, 6) is 0.618. The summed E-state index contributed by atoms with van der Waals surface area (Å²) in [6.07, 6.45) is -0.278. The van der Waals surface area contributed by atoms with Crippen molar-refractivity contribution < 1.29 is 13.9 Å². The highest BCUT2D eigenvalue weighted by molar-refractivity contribution is 5.79. The maximum atomic E-state index is 13.4. The molecule has 1 amide bonds. The molecule has 0 aliphatic carbocycles. The smallest absolute Gasteiger partial charge is 0.410 e. The molecule has 1 saturated heterocycles. The third-order valence-electron chi connectivity index (χ3n) is 5.43. The van der Waals surface area contributed by atoms with Gasteiger partial charge in [-0.15, -0.1) is 0 Å². The Labute approximate surface area is 182 Å². The minimum absolute atomic E-state index is 0.0114. The Bertz CT molecular complexity index is 1070. The maximum absolute atomic E-state index is 13.4. The number of rotatable bonds is 3. The van der Waals surface area contributed by atoms with Crippen molar-refractivity contribution >= 4 is 23.1 Å². The van der Waals surface area contributed by atoms with E-state index in [-0.39, 0.29) is 18.0 Å². The summed E-state index contributed by atoms with van der Waals surface area (Å²) in [4.78, 5) is 21.5. The van der Waals surface area contributed by atoms with Gasteiger partial charge in [-0.05, 0) is 57.5 Å². The lowest BCUT2D eigenvalue weighted by Gasteiger charge is -2.40. The standard InChI is InChI=1S/C24H29FN4O2/c1-17-15-27(13-14-28(17)23(30)31-24(2,3)4)22-26-20-7-5-6-8-21(20)29(22)16-18-9-11-19(25)12-10-18/h5-12,17H,13-16H2,1-4H3. The maximum Gasteiger partial charge on any atom is 0.410 e. The summed E-state index contributed by atoms with van der Waals surface area (Å²) in [6, 6.07) is 14.6. The summed E-state index contributed by atoms with van der Waals surface area (Å²) < 4.78 is 21.1. The summed E-state index contributed by atoms with van der Waals surface area (Å²) >= 11 is 0. The number of amides is 1. The highest BCUT2D eigenvalue weighted by Gasteiger charge is 2.32. The number of halogens is 1. The zero-order valence-corrected chi connectivity index (χ0v) is 18.5. The number of carbonyl (C=O) groups is 1. The van der Waals surface area contributed by atoms with Crippen LogP contribution in [0.4, 0.5) is 15.1 Å². The molecule has 0 bridgehead atoms. The number of anilines is 1. The molecule has 164 valence electrons. The molecule has 1 aliphatic rings. The fourth-order valence-corrected chi connectivity index (χ4v) is 3.96. The first kappa shape index (κ1) is 21.2. The molecule has 0 radical (unpaired) electrons. The van der Waals surface area contributed by atoms with Crippen molar-refractivity contribution in [2.24, 2.45) is 0 Å². The molecule has 2 heterocycles. The van der Waals surface area contributed by atoms with E-state index in [1.165, 1.54) is 12.1 Å². The number of para-hydroxylation sites is 2. The molecule has 0 saturated carbocycles. The summed E-state index contributed by atoms with van der Waals surface area (Å²) in [5.41, 5.74) is 2.44. The number of ether oxygens (including phenoxy) is 1. The second-order valence-corrected chi connectivity index (χ2v) is 9.08. The van der Waals surface area contributed by atoms with E-state index in [1.54, 1.807) is 17.0 Å². The van der Waals surface area contributed by atoms with Gasteiger partial charge >= 0.3 is 6.09 Å². The monoisotopic (exact) mass is 424 g/mol. The molecule has 0 N–H and O–H groups in total. The third kappa shape index (κ3) is 4.65. The number of nitrogens with zero attached hydrogens (tertiary/aromatic N) is 4. The molecule has 1 fully saturated rings. The van der Waals surface area contributed by atoms with Gasteiger partial charge in [-0.25, -0.2) is 14.2 Å². The predicted molar refractivity (Wildman–Crippen MR) is 120 cm³/mol. The number of carbonyl (C=O) groups excluding carboxylic acids is 1. The number of piperazine rings is 1. The van der Waals surface area contributed by atoms with E-state index in [4.69, 9.17) is 9.72 Å². The molecule has 1 aliphatic heterocycles. The van der Waals surface area contributed by atoms with Crippen LogP contribution >= 0.6 is 0 Å². The SMILES string of the molecule is CC1CN(c2nc3ccccc3n2Cc2ccc(F)cc2)CCN1C(=O)OC(C)(C)C. The Morgan fingerprint density at radius 2 is 1.84 bits per heavy atom. The van der Waals surface area contributed by atoms with Crippen molar-refractivity contribution in [1.82, 2.24) is 14.5 Å². The largest absolute Gasteiger partial charge is 0.444 e. The van der Waals surface area contributed by atoms with Crippen LogP contribution in [0, 0.1) is 5.82 Å².